The molecule has 0 spiro atoms. The molecular formula is C18H31P2. The Balaban J connectivity index is 3.17. The lowest BCUT2D eigenvalue weighted by Gasteiger charge is -2.29. The van der Waals surface area contributed by atoms with Crippen LogP contribution in [0.3, 0.4) is 0 Å². The predicted octanol–water partition coefficient (Wildman–Crippen LogP) is 5.33. The summed E-state index contributed by atoms with van der Waals surface area (Å²) >= 11 is 0. The molecule has 0 N–H and O–H groups in total. The van der Waals surface area contributed by atoms with Crippen LogP contribution in [0.15, 0.2) is 18.2 Å². The van der Waals surface area contributed by atoms with Gasteiger partial charge in [0.05, 0.1) is 0 Å². The summed E-state index contributed by atoms with van der Waals surface area (Å²) in [6.07, 6.45) is 0. The Labute approximate surface area is 129 Å². The molecule has 0 aliphatic heterocycles. The van der Waals surface area contributed by atoms with Gasteiger partial charge in [-0.1, -0.05) is 89.4 Å². The predicted molar refractivity (Wildman–Crippen MR) is 98.9 cm³/mol. The van der Waals surface area contributed by atoms with E-state index in [1.54, 1.807) is 0 Å². The molecule has 0 aromatic heterocycles. The largest absolute Gasteiger partial charge is 0.0694 e. The highest BCUT2D eigenvalue weighted by Crippen LogP contribution is 2.47. The van der Waals surface area contributed by atoms with Crippen molar-refractivity contribution in [3.8, 4) is 0 Å². The first-order valence-corrected chi connectivity index (χ1v) is 10.8. The van der Waals surface area contributed by atoms with Gasteiger partial charge in [-0.05, 0) is 39.3 Å². The molecule has 0 saturated carbocycles. The topological polar surface area (TPSA) is 0 Å². The first-order valence-electron chi connectivity index (χ1n) is 7.84. The van der Waals surface area contributed by atoms with Crippen molar-refractivity contribution < 1.29 is 0 Å². The summed E-state index contributed by atoms with van der Waals surface area (Å²) in [4.78, 5) is 0. The third-order valence-corrected chi connectivity index (χ3v) is 9.63. The van der Waals surface area contributed by atoms with Gasteiger partial charge in [-0.25, -0.2) is 0 Å². The van der Waals surface area contributed by atoms with Crippen LogP contribution in [0.2, 0.25) is 0 Å². The molecule has 1 aromatic carbocycles. The zero-order valence-electron chi connectivity index (χ0n) is 14.4. The van der Waals surface area contributed by atoms with Crippen LogP contribution in [0, 0.1) is 6.07 Å². The van der Waals surface area contributed by atoms with Crippen LogP contribution in [0.4, 0.5) is 0 Å². The molecule has 0 amide bonds. The van der Waals surface area contributed by atoms with E-state index in [1.807, 2.05) is 0 Å². The first-order chi connectivity index (χ1) is 9.25. The molecule has 1 aromatic rings. The second-order valence-corrected chi connectivity index (χ2v) is 13.3. The molecule has 113 valence electrons. The maximum atomic E-state index is 3.83. The Morgan fingerprint density at radius 3 is 1.20 bits per heavy atom. The summed E-state index contributed by atoms with van der Waals surface area (Å²) < 4.78 is 0. The van der Waals surface area contributed by atoms with Crippen LogP contribution in [0.5, 0.6) is 0 Å². The number of rotatable bonds is 6. The Morgan fingerprint density at radius 1 is 0.650 bits per heavy atom. The molecular weight excluding hydrogens is 278 g/mol. The lowest BCUT2D eigenvalue weighted by Crippen LogP contribution is -2.22. The van der Waals surface area contributed by atoms with Gasteiger partial charge in [0.2, 0.25) is 0 Å². The molecule has 2 heteroatoms. The van der Waals surface area contributed by atoms with E-state index in [-0.39, 0.29) is 15.8 Å². The number of benzene rings is 1. The van der Waals surface area contributed by atoms with Crippen molar-refractivity contribution in [3.05, 3.63) is 24.3 Å². The summed E-state index contributed by atoms with van der Waals surface area (Å²) in [7, 11) is -0.197. The van der Waals surface area contributed by atoms with E-state index in [0.29, 0.717) is 0 Å². The summed E-state index contributed by atoms with van der Waals surface area (Å²) in [5, 5.41) is 2.97. The van der Waals surface area contributed by atoms with Gasteiger partial charge in [0.25, 0.3) is 0 Å². The molecule has 20 heavy (non-hydrogen) atoms. The normalized spacial score (nSPS) is 12.7. The highest BCUT2D eigenvalue weighted by molar-refractivity contribution is 7.68. The van der Waals surface area contributed by atoms with E-state index in [1.165, 1.54) is 10.6 Å². The van der Waals surface area contributed by atoms with Crippen molar-refractivity contribution in [2.75, 3.05) is 0 Å². The second kappa shape index (κ2) is 7.91. The fraction of sp³-hybridized carbons (Fsp3) is 0.667. The van der Waals surface area contributed by atoms with Crippen LogP contribution in [0.1, 0.15) is 55.4 Å². The molecule has 0 atom stereocenters. The highest BCUT2D eigenvalue weighted by Gasteiger charge is 2.23. The third kappa shape index (κ3) is 4.54. The van der Waals surface area contributed by atoms with E-state index in [9.17, 15) is 0 Å². The Kier molecular flexibility index (Phi) is 7.17. The molecule has 0 saturated heterocycles. The summed E-state index contributed by atoms with van der Waals surface area (Å²) in [6, 6.07) is 10.7. The average molecular weight is 309 g/mol. The van der Waals surface area contributed by atoms with E-state index >= 15 is 0 Å². The lowest BCUT2D eigenvalue weighted by atomic mass is 10.4. The van der Waals surface area contributed by atoms with Gasteiger partial charge >= 0.3 is 0 Å². The van der Waals surface area contributed by atoms with Crippen molar-refractivity contribution in [2.45, 2.75) is 78.0 Å². The van der Waals surface area contributed by atoms with Gasteiger partial charge in [0.15, 0.2) is 0 Å². The molecule has 1 rings (SSSR count). The van der Waals surface area contributed by atoms with Gasteiger partial charge < -0.3 is 0 Å². The van der Waals surface area contributed by atoms with Crippen molar-refractivity contribution in [2.24, 2.45) is 0 Å². The van der Waals surface area contributed by atoms with Gasteiger partial charge in [0.1, 0.15) is 0 Å². The summed E-state index contributed by atoms with van der Waals surface area (Å²) in [6.45, 7) is 18.9. The van der Waals surface area contributed by atoms with Crippen molar-refractivity contribution in [1.82, 2.24) is 0 Å². The van der Waals surface area contributed by atoms with Gasteiger partial charge in [-0.15, -0.1) is 0 Å². The third-order valence-electron chi connectivity index (χ3n) is 3.55. The van der Waals surface area contributed by atoms with E-state index in [2.05, 4.69) is 79.7 Å². The number of hydrogen-bond acceptors (Lipinski definition) is 0. The Hall–Kier alpha value is 0.0800. The zero-order valence-corrected chi connectivity index (χ0v) is 16.2. The lowest BCUT2D eigenvalue weighted by molar-refractivity contribution is 1.02. The van der Waals surface area contributed by atoms with Crippen molar-refractivity contribution >= 4 is 26.5 Å². The van der Waals surface area contributed by atoms with Crippen molar-refractivity contribution in [1.29, 1.82) is 0 Å². The van der Waals surface area contributed by atoms with Crippen LogP contribution < -0.4 is 10.6 Å². The van der Waals surface area contributed by atoms with E-state index in [4.69, 9.17) is 0 Å². The molecule has 0 bridgehead atoms. The van der Waals surface area contributed by atoms with Gasteiger partial charge in [-0.3, -0.25) is 0 Å². The minimum Gasteiger partial charge on any atom is -0.0694 e. The van der Waals surface area contributed by atoms with Crippen LogP contribution in [0.25, 0.3) is 0 Å². The minimum atomic E-state index is -0.0985. The molecule has 0 fully saturated rings. The fourth-order valence-corrected chi connectivity index (χ4v) is 8.77. The smallest absolute Gasteiger partial charge is 0.00167 e. The van der Waals surface area contributed by atoms with Crippen LogP contribution in [-0.2, 0) is 0 Å². The molecule has 0 heterocycles. The zero-order chi connectivity index (χ0) is 15.4. The highest BCUT2D eigenvalue weighted by atomic mass is 31.1. The standard InChI is InChI=1S/C18H31P2/c1-13(2)19(14(3)4)17-10-9-11-18(12-17)20(15(5)6)16(7)8/h9-11,13-16H,1-8H3. The average Bonchev–Trinajstić information content (AvgIpc) is 2.27. The maximum Gasteiger partial charge on any atom is -0.00167 e. The molecule has 1 radical (unpaired) electrons. The second-order valence-electron chi connectivity index (χ2n) is 6.61. The van der Waals surface area contributed by atoms with Crippen LogP contribution >= 0.6 is 15.8 Å². The number of hydrogen-bond donors (Lipinski definition) is 0. The summed E-state index contributed by atoms with van der Waals surface area (Å²) in [5.41, 5.74) is 2.95. The molecule has 0 aliphatic rings. The van der Waals surface area contributed by atoms with Gasteiger partial charge in [0, 0.05) is 0 Å². The maximum absolute atomic E-state index is 3.83. The molecule has 0 nitrogen and oxygen atoms in total. The van der Waals surface area contributed by atoms with Crippen molar-refractivity contribution in [3.63, 3.8) is 0 Å². The Bertz CT molecular complexity index is 356. The van der Waals surface area contributed by atoms with Gasteiger partial charge in [-0.2, -0.15) is 0 Å². The summed E-state index contributed by atoms with van der Waals surface area (Å²) in [5.74, 6) is 0. The van der Waals surface area contributed by atoms with E-state index < -0.39 is 0 Å². The monoisotopic (exact) mass is 309 g/mol. The Morgan fingerprint density at radius 2 is 0.950 bits per heavy atom. The fourth-order valence-electron chi connectivity index (χ4n) is 3.05. The quantitative estimate of drug-likeness (QED) is 0.623. The SMILES string of the molecule is CC(C)P(c1[c]c(P(C(C)C)C(C)C)ccc1)C(C)C. The van der Waals surface area contributed by atoms with E-state index in [0.717, 1.165) is 22.6 Å². The minimum absolute atomic E-state index is 0.0985. The first kappa shape index (κ1) is 18.1. The van der Waals surface area contributed by atoms with Crippen LogP contribution in [-0.4, -0.2) is 22.6 Å². The molecule has 0 aliphatic carbocycles. The molecule has 0 unspecified atom stereocenters.